The minimum absolute atomic E-state index is 0.238. The van der Waals surface area contributed by atoms with Crippen molar-refractivity contribution in [3.8, 4) is 0 Å². The Morgan fingerprint density at radius 3 is 2.71 bits per heavy atom. The van der Waals surface area contributed by atoms with Crippen molar-refractivity contribution in [1.82, 2.24) is 20.2 Å². The van der Waals surface area contributed by atoms with E-state index in [1.807, 2.05) is 0 Å². The molecule has 0 aliphatic heterocycles. The fourth-order valence-electron chi connectivity index (χ4n) is 0.921. The molecule has 0 aliphatic rings. The lowest BCUT2D eigenvalue weighted by Crippen LogP contribution is -2.44. The number of hydrogen-bond acceptors (Lipinski definition) is 3. The lowest BCUT2D eigenvalue weighted by molar-refractivity contribution is -0.122. The molecule has 14 heavy (non-hydrogen) atoms. The van der Waals surface area contributed by atoms with Crippen LogP contribution < -0.4 is 10.6 Å². The van der Waals surface area contributed by atoms with Crippen LogP contribution in [0.3, 0.4) is 0 Å². The maximum Gasteiger partial charge on any atom is 0.327 e. The van der Waals surface area contributed by atoms with E-state index in [4.69, 9.17) is 0 Å². The SMILES string of the molecule is CNC(=O)[C@@H](C)NC(=O)n1ccnc1. The van der Waals surface area contributed by atoms with Gasteiger partial charge in [-0.3, -0.25) is 9.36 Å². The number of nitrogens with zero attached hydrogens (tertiary/aromatic N) is 2. The lowest BCUT2D eigenvalue weighted by Gasteiger charge is -2.11. The van der Waals surface area contributed by atoms with Gasteiger partial charge in [0.2, 0.25) is 5.91 Å². The molecular weight excluding hydrogens is 184 g/mol. The van der Waals surface area contributed by atoms with Crippen LogP contribution in [0.1, 0.15) is 6.92 Å². The highest BCUT2D eigenvalue weighted by Gasteiger charge is 2.14. The van der Waals surface area contributed by atoms with Gasteiger partial charge >= 0.3 is 6.03 Å². The Kier molecular flexibility index (Phi) is 3.22. The number of carbonyl (C=O) groups is 2. The maximum absolute atomic E-state index is 11.4. The number of likely N-dealkylation sites (N-methyl/N-ethyl adjacent to an activating group) is 1. The van der Waals surface area contributed by atoms with Gasteiger partial charge in [0.05, 0.1) is 0 Å². The first kappa shape index (κ1) is 10.2. The Hall–Kier alpha value is -1.85. The largest absolute Gasteiger partial charge is 0.357 e. The molecule has 6 heteroatoms. The average molecular weight is 196 g/mol. The van der Waals surface area contributed by atoms with Gasteiger partial charge in [-0.15, -0.1) is 0 Å². The second kappa shape index (κ2) is 4.40. The number of imidazole rings is 1. The molecule has 1 aromatic heterocycles. The molecule has 0 fully saturated rings. The van der Waals surface area contributed by atoms with Crippen molar-refractivity contribution in [3.63, 3.8) is 0 Å². The molecule has 0 spiro atoms. The third-order valence-electron chi connectivity index (χ3n) is 1.72. The zero-order valence-electron chi connectivity index (χ0n) is 8.02. The smallest absolute Gasteiger partial charge is 0.327 e. The topological polar surface area (TPSA) is 76.0 Å². The van der Waals surface area contributed by atoms with Crippen molar-refractivity contribution in [2.75, 3.05) is 7.05 Å². The van der Waals surface area contributed by atoms with Crippen molar-refractivity contribution in [2.45, 2.75) is 13.0 Å². The van der Waals surface area contributed by atoms with Gasteiger partial charge in [-0.05, 0) is 6.92 Å². The van der Waals surface area contributed by atoms with Crippen molar-refractivity contribution >= 4 is 11.9 Å². The Balaban J connectivity index is 2.53. The monoisotopic (exact) mass is 196 g/mol. The Morgan fingerprint density at radius 2 is 2.21 bits per heavy atom. The summed E-state index contributed by atoms with van der Waals surface area (Å²) in [5.74, 6) is -0.238. The highest BCUT2D eigenvalue weighted by Crippen LogP contribution is 1.87. The Labute approximate surface area is 81.3 Å². The first-order valence-electron chi connectivity index (χ1n) is 4.15. The molecule has 0 radical (unpaired) electrons. The predicted octanol–water partition coefficient (Wildman–Crippen LogP) is -0.425. The van der Waals surface area contributed by atoms with Gasteiger partial charge in [-0.2, -0.15) is 0 Å². The van der Waals surface area contributed by atoms with Gasteiger partial charge in [-0.25, -0.2) is 9.78 Å². The van der Waals surface area contributed by atoms with Gasteiger partial charge in [0, 0.05) is 19.4 Å². The molecule has 2 amide bonds. The van der Waals surface area contributed by atoms with E-state index < -0.39 is 6.04 Å². The first-order valence-corrected chi connectivity index (χ1v) is 4.15. The summed E-state index contributed by atoms with van der Waals surface area (Å²) in [5, 5.41) is 4.94. The van der Waals surface area contributed by atoms with Gasteiger partial charge in [0.25, 0.3) is 0 Å². The molecule has 0 saturated carbocycles. The van der Waals surface area contributed by atoms with Gasteiger partial charge in [0.15, 0.2) is 0 Å². The van der Waals surface area contributed by atoms with E-state index in [0.717, 1.165) is 0 Å². The van der Waals surface area contributed by atoms with E-state index >= 15 is 0 Å². The second-order valence-electron chi connectivity index (χ2n) is 2.76. The molecule has 1 rings (SSSR count). The lowest BCUT2D eigenvalue weighted by atomic mass is 10.3. The van der Waals surface area contributed by atoms with Gasteiger partial charge < -0.3 is 10.6 Å². The van der Waals surface area contributed by atoms with E-state index in [-0.39, 0.29) is 11.9 Å². The summed E-state index contributed by atoms with van der Waals surface area (Å²) < 4.78 is 1.26. The fourth-order valence-corrected chi connectivity index (χ4v) is 0.921. The van der Waals surface area contributed by atoms with Crippen LogP contribution in [0.15, 0.2) is 18.7 Å². The number of hydrogen-bond donors (Lipinski definition) is 2. The van der Waals surface area contributed by atoms with E-state index in [1.54, 1.807) is 6.92 Å². The summed E-state index contributed by atoms with van der Waals surface area (Å²) in [6.07, 6.45) is 4.36. The summed E-state index contributed by atoms with van der Waals surface area (Å²) >= 11 is 0. The van der Waals surface area contributed by atoms with Crippen molar-refractivity contribution in [1.29, 1.82) is 0 Å². The van der Waals surface area contributed by atoms with Crippen molar-refractivity contribution < 1.29 is 9.59 Å². The van der Waals surface area contributed by atoms with E-state index in [9.17, 15) is 9.59 Å². The van der Waals surface area contributed by atoms with Gasteiger partial charge in [-0.1, -0.05) is 0 Å². The minimum Gasteiger partial charge on any atom is -0.357 e. The zero-order chi connectivity index (χ0) is 10.6. The van der Waals surface area contributed by atoms with Crippen molar-refractivity contribution in [3.05, 3.63) is 18.7 Å². The van der Waals surface area contributed by atoms with Crippen LogP contribution in [0, 0.1) is 0 Å². The summed E-state index contributed by atoms with van der Waals surface area (Å²) in [6.45, 7) is 1.60. The molecule has 0 bridgehead atoms. The molecule has 1 aromatic rings. The Bertz CT molecular complexity index is 320. The molecule has 1 atom stereocenters. The molecule has 0 aromatic carbocycles. The number of rotatable bonds is 2. The highest BCUT2D eigenvalue weighted by atomic mass is 16.2. The van der Waals surface area contributed by atoms with Crippen molar-refractivity contribution in [2.24, 2.45) is 0 Å². The van der Waals surface area contributed by atoms with Crippen LogP contribution in [-0.2, 0) is 4.79 Å². The quantitative estimate of drug-likeness (QED) is 0.674. The van der Waals surface area contributed by atoms with Crippen LogP contribution in [-0.4, -0.2) is 34.6 Å². The third kappa shape index (κ3) is 2.32. The first-order chi connectivity index (χ1) is 6.65. The van der Waals surface area contributed by atoms with Crippen LogP contribution in [0.5, 0.6) is 0 Å². The third-order valence-corrected chi connectivity index (χ3v) is 1.72. The molecule has 0 saturated heterocycles. The maximum atomic E-state index is 11.4. The summed E-state index contributed by atoms with van der Waals surface area (Å²) in [7, 11) is 1.52. The minimum atomic E-state index is -0.560. The van der Waals surface area contributed by atoms with Crippen LogP contribution in [0.25, 0.3) is 0 Å². The molecule has 6 nitrogen and oxygen atoms in total. The van der Waals surface area contributed by atoms with Gasteiger partial charge in [0.1, 0.15) is 12.4 Å². The van der Waals surface area contributed by atoms with E-state index in [0.29, 0.717) is 0 Å². The number of carbonyl (C=O) groups excluding carboxylic acids is 2. The number of nitrogens with one attached hydrogen (secondary N) is 2. The molecule has 0 aliphatic carbocycles. The molecule has 1 heterocycles. The van der Waals surface area contributed by atoms with Crippen LogP contribution in [0.2, 0.25) is 0 Å². The molecule has 2 N–H and O–H groups in total. The summed E-state index contributed by atoms with van der Waals surface area (Å²) in [4.78, 5) is 26.2. The number of amides is 2. The standard InChI is InChI=1S/C8H12N4O2/c1-6(7(13)9-2)11-8(14)12-4-3-10-5-12/h3-6H,1-2H3,(H,9,13)(H,11,14)/t6-/m1/s1. The fraction of sp³-hybridized carbons (Fsp3) is 0.375. The normalized spacial score (nSPS) is 11.9. The summed E-state index contributed by atoms with van der Waals surface area (Å²) in [6, 6.07) is -0.937. The average Bonchev–Trinajstić information content (AvgIpc) is 2.69. The van der Waals surface area contributed by atoms with Crippen LogP contribution in [0.4, 0.5) is 4.79 Å². The number of aromatic nitrogens is 2. The van der Waals surface area contributed by atoms with Crippen LogP contribution >= 0.6 is 0 Å². The zero-order valence-corrected chi connectivity index (χ0v) is 8.02. The second-order valence-corrected chi connectivity index (χ2v) is 2.76. The van der Waals surface area contributed by atoms with E-state index in [2.05, 4.69) is 15.6 Å². The highest BCUT2D eigenvalue weighted by molar-refractivity contribution is 5.87. The predicted molar refractivity (Wildman–Crippen MR) is 49.7 cm³/mol. The molecule has 0 unspecified atom stereocenters. The summed E-state index contributed by atoms with van der Waals surface area (Å²) in [5.41, 5.74) is 0. The Morgan fingerprint density at radius 1 is 1.50 bits per heavy atom. The van der Waals surface area contributed by atoms with E-state index in [1.165, 1.54) is 30.3 Å². The molecule has 76 valence electrons. The molecular formula is C8H12N4O2.